The largest absolute Gasteiger partial charge is 0.481 e. The summed E-state index contributed by atoms with van der Waals surface area (Å²) >= 11 is 0. The summed E-state index contributed by atoms with van der Waals surface area (Å²) in [5, 5.41) is 12.3. The van der Waals surface area contributed by atoms with Crippen molar-refractivity contribution in [2.75, 3.05) is 0 Å². The Kier molecular flexibility index (Phi) is 4.08. The van der Waals surface area contributed by atoms with Crippen molar-refractivity contribution in [1.82, 2.24) is 5.32 Å². The van der Waals surface area contributed by atoms with Crippen LogP contribution in [0.4, 0.5) is 0 Å². The van der Waals surface area contributed by atoms with Crippen molar-refractivity contribution in [3.63, 3.8) is 0 Å². The summed E-state index contributed by atoms with van der Waals surface area (Å²) in [5.41, 5.74) is -0.162. The van der Waals surface area contributed by atoms with E-state index in [1.54, 1.807) is 0 Å². The van der Waals surface area contributed by atoms with E-state index in [2.05, 4.69) is 5.32 Å². The van der Waals surface area contributed by atoms with Gasteiger partial charge in [-0.25, -0.2) is 0 Å². The van der Waals surface area contributed by atoms with E-state index >= 15 is 0 Å². The molecule has 1 aliphatic rings. The van der Waals surface area contributed by atoms with Gasteiger partial charge in [-0.15, -0.1) is 0 Å². The van der Waals surface area contributed by atoms with E-state index in [-0.39, 0.29) is 5.91 Å². The van der Waals surface area contributed by atoms with E-state index in [0.717, 1.165) is 5.56 Å². The quantitative estimate of drug-likeness (QED) is 0.895. The van der Waals surface area contributed by atoms with Crippen molar-refractivity contribution in [2.24, 2.45) is 16.7 Å². The molecule has 0 heterocycles. The van der Waals surface area contributed by atoms with Crippen LogP contribution in [0.3, 0.4) is 0 Å². The van der Waals surface area contributed by atoms with Gasteiger partial charge in [0.1, 0.15) is 0 Å². The summed E-state index contributed by atoms with van der Waals surface area (Å²) in [4.78, 5) is 24.0. The number of nitrogens with one attached hydrogen (secondary N) is 1. The number of hydrogen-bond donors (Lipinski definition) is 2. The smallest absolute Gasteiger partial charge is 0.307 e. The van der Waals surface area contributed by atoms with Gasteiger partial charge in [-0.05, 0) is 23.8 Å². The number of aliphatic carboxylic acids is 1. The second kappa shape index (κ2) is 5.51. The fourth-order valence-electron chi connectivity index (χ4n) is 3.31. The molecule has 0 saturated heterocycles. The Morgan fingerprint density at radius 3 is 2.38 bits per heavy atom. The number of hydrogen-bond acceptors (Lipinski definition) is 2. The normalized spacial score (nSPS) is 27.3. The minimum atomic E-state index is -0.806. The molecule has 0 aliphatic heterocycles. The van der Waals surface area contributed by atoms with Crippen LogP contribution in [0.2, 0.25) is 0 Å². The predicted octanol–water partition coefficient (Wildman–Crippen LogP) is 2.83. The molecule has 2 atom stereocenters. The molecule has 0 spiro atoms. The fraction of sp³-hybridized carbons (Fsp3) is 0.529. The van der Waals surface area contributed by atoms with E-state index < -0.39 is 22.7 Å². The molecule has 1 aromatic rings. The minimum absolute atomic E-state index is 0.0555. The topological polar surface area (TPSA) is 66.4 Å². The van der Waals surface area contributed by atoms with Gasteiger partial charge < -0.3 is 10.4 Å². The van der Waals surface area contributed by atoms with Crippen LogP contribution in [0.15, 0.2) is 30.3 Å². The van der Waals surface area contributed by atoms with Crippen molar-refractivity contribution in [3.05, 3.63) is 35.9 Å². The molecule has 1 fully saturated rings. The number of amides is 1. The highest BCUT2D eigenvalue weighted by Crippen LogP contribution is 2.56. The molecule has 4 nitrogen and oxygen atoms in total. The summed E-state index contributed by atoms with van der Waals surface area (Å²) in [7, 11) is 0. The first-order chi connectivity index (χ1) is 9.79. The van der Waals surface area contributed by atoms with Crippen LogP contribution < -0.4 is 5.32 Å². The molecule has 21 heavy (non-hydrogen) atoms. The zero-order valence-corrected chi connectivity index (χ0v) is 12.8. The molecule has 4 heteroatoms. The Hall–Kier alpha value is -1.84. The number of carbonyl (C=O) groups is 2. The molecule has 0 bridgehead atoms. The molecule has 1 aromatic carbocycles. The van der Waals surface area contributed by atoms with Gasteiger partial charge in [0.2, 0.25) is 5.91 Å². The highest BCUT2D eigenvalue weighted by atomic mass is 16.4. The molecular weight excluding hydrogens is 266 g/mol. The molecular formula is C17H23NO3. The zero-order valence-electron chi connectivity index (χ0n) is 12.8. The fourth-order valence-corrected chi connectivity index (χ4v) is 3.31. The second-order valence-corrected chi connectivity index (χ2v) is 6.65. The number of carbonyl (C=O) groups excluding carboxylic acids is 1. The molecule has 2 rings (SSSR count). The van der Waals surface area contributed by atoms with Crippen molar-refractivity contribution in [2.45, 2.75) is 40.2 Å². The lowest BCUT2D eigenvalue weighted by atomic mass is 9.65. The van der Waals surface area contributed by atoms with Crippen molar-refractivity contribution >= 4 is 11.9 Å². The maximum absolute atomic E-state index is 12.6. The van der Waals surface area contributed by atoms with Crippen LogP contribution >= 0.6 is 0 Å². The van der Waals surface area contributed by atoms with E-state index in [1.807, 2.05) is 51.1 Å². The van der Waals surface area contributed by atoms with Crippen LogP contribution in [-0.2, 0) is 16.1 Å². The lowest BCUT2D eigenvalue weighted by Gasteiger charge is -2.39. The molecule has 0 radical (unpaired) electrons. The average Bonchev–Trinajstić information content (AvgIpc) is 2.69. The van der Waals surface area contributed by atoms with Gasteiger partial charge >= 0.3 is 5.97 Å². The van der Waals surface area contributed by atoms with E-state index in [4.69, 9.17) is 0 Å². The van der Waals surface area contributed by atoms with Gasteiger partial charge in [0.05, 0.1) is 11.3 Å². The van der Waals surface area contributed by atoms with Crippen molar-refractivity contribution in [3.8, 4) is 0 Å². The average molecular weight is 289 g/mol. The van der Waals surface area contributed by atoms with Crippen LogP contribution in [-0.4, -0.2) is 17.0 Å². The molecule has 0 unspecified atom stereocenters. The summed E-state index contributed by atoms with van der Waals surface area (Å²) in [5.74, 6) is -1.33. The van der Waals surface area contributed by atoms with E-state index in [0.29, 0.717) is 19.4 Å². The van der Waals surface area contributed by atoms with Crippen LogP contribution in [0.1, 0.15) is 39.2 Å². The van der Waals surface area contributed by atoms with E-state index in [9.17, 15) is 14.7 Å². The molecule has 114 valence electrons. The Bertz CT molecular complexity index is 538. The summed E-state index contributed by atoms with van der Waals surface area (Å²) < 4.78 is 0. The van der Waals surface area contributed by atoms with Gasteiger partial charge in [-0.3, -0.25) is 9.59 Å². The third kappa shape index (κ3) is 2.67. The second-order valence-electron chi connectivity index (χ2n) is 6.65. The first-order valence-electron chi connectivity index (χ1n) is 7.34. The predicted molar refractivity (Wildman–Crippen MR) is 80.5 cm³/mol. The van der Waals surface area contributed by atoms with Gasteiger partial charge in [0, 0.05) is 6.54 Å². The van der Waals surface area contributed by atoms with Crippen molar-refractivity contribution in [1.29, 1.82) is 0 Å². The Morgan fingerprint density at radius 2 is 1.86 bits per heavy atom. The number of benzene rings is 1. The molecule has 1 amide bonds. The van der Waals surface area contributed by atoms with Gasteiger partial charge in [0.25, 0.3) is 0 Å². The number of carboxylic acid groups (broad SMARTS) is 1. The Balaban J connectivity index is 2.09. The molecule has 1 aliphatic carbocycles. The SMILES string of the molecule is CC1(C)[C@H](C(=O)O)CC[C@]1(C)C(=O)NCc1ccccc1. The van der Waals surface area contributed by atoms with Gasteiger partial charge in [0.15, 0.2) is 0 Å². The summed E-state index contributed by atoms with van der Waals surface area (Å²) in [6, 6.07) is 9.72. The Morgan fingerprint density at radius 1 is 1.24 bits per heavy atom. The molecule has 2 N–H and O–H groups in total. The maximum atomic E-state index is 12.6. The lowest BCUT2D eigenvalue weighted by molar-refractivity contribution is -0.148. The number of rotatable bonds is 4. The summed E-state index contributed by atoms with van der Waals surface area (Å²) in [6.45, 7) is 6.14. The standard InChI is InChI=1S/C17H23NO3/c1-16(2)13(14(19)20)9-10-17(16,3)15(21)18-11-12-7-5-4-6-8-12/h4-8,13H,9-11H2,1-3H3,(H,18,21)(H,19,20)/t13-,17+/m0/s1. The van der Waals surface area contributed by atoms with Crippen LogP contribution in [0.25, 0.3) is 0 Å². The van der Waals surface area contributed by atoms with Gasteiger partial charge in [-0.1, -0.05) is 51.1 Å². The van der Waals surface area contributed by atoms with Crippen molar-refractivity contribution < 1.29 is 14.7 Å². The Labute approximate surface area is 125 Å². The first kappa shape index (κ1) is 15.5. The van der Waals surface area contributed by atoms with E-state index in [1.165, 1.54) is 0 Å². The third-order valence-corrected chi connectivity index (χ3v) is 5.32. The maximum Gasteiger partial charge on any atom is 0.307 e. The monoisotopic (exact) mass is 289 g/mol. The molecule has 0 aromatic heterocycles. The lowest BCUT2D eigenvalue weighted by Crippen LogP contribution is -2.47. The first-order valence-corrected chi connectivity index (χ1v) is 7.34. The van der Waals surface area contributed by atoms with Gasteiger partial charge in [-0.2, -0.15) is 0 Å². The third-order valence-electron chi connectivity index (χ3n) is 5.32. The zero-order chi connectivity index (χ0) is 15.7. The van der Waals surface area contributed by atoms with Crippen LogP contribution in [0.5, 0.6) is 0 Å². The minimum Gasteiger partial charge on any atom is -0.481 e. The highest BCUT2D eigenvalue weighted by Gasteiger charge is 2.58. The van der Waals surface area contributed by atoms with Crippen LogP contribution in [0, 0.1) is 16.7 Å². The highest BCUT2D eigenvalue weighted by molar-refractivity contribution is 5.85. The molecule has 1 saturated carbocycles. The number of carboxylic acids is 1. The summed E-state index contributed by atoms with van der Waals surface area (Å²) in [6.07, 6.45) is 1.16.